The molecule has 2 saturated heterocycles. The van der Waals surface area contributed by atoms with E-state index in [1.165, 1.54) is 18.9 Å². The fourth-order valence-electron chi connectivity index (χ4n) is 5.25. The van der Waals surface area contributed by atoms with Crippen LogP contribution in [0.4, 0.5) is 4.39 Å². The summed E-state index contributed by atoms with van der Waals surface area (Å²) in [5.41, 5.74) is 3.45. The molecule has 6 heteroatoms. The molecule has 4 rings (SSSR count). The number of aromatic nitrogens is 2. The van der Waals surface area contributed by atoms with Gasteiger partial charge in [0.25, 0.3) is 0 Å². The zero-order chi connectivity index (χ0) is 25.3. The average molecular weight is 487 g/mol. The van der Waals surface area contributed by atoms with Gasteiger partial charge in [-0.2, -0.15) is 0 Å². The van der Waals surface area contributed by atoms with E-state index in [-0.39, 0.29) is 5.82 Å². The van der Waals surface area contributed by atoms with Gasteiger partial charge in [0.1, 0.15) is 12.1 Å². The number of halogens is 1. The van der Waals surface area contributed by atoms with Gasteiger partial charge in [-0.3, -0.25) is 9.80 Å². The fraction of sp³-hybridized carbons (Fsp3) is 0.400. The van der Waals surface area contributed by atoms with Crippen molar-refractivity contribution < 1.29 is 9.13 Å². The number of hydrogen-bond acceptors (Lipinski definition) is 5. The third-order valence-electron chi connectivity index (χ3n) is 7.06. The summed E-state index contributed by atoms with van der Waals surface area (Å²) < 4.78 is 19.5. The lowest BCUT2D eigenvalue weighted by Crippen LogP contribution is -2.69. The van der Waals surface area contributed by atoms with Crippen LogP contribution in [0.5, 0.6) is 0 Å². The van der Waals surface area contributed by atoms with E-state index in [1.807, 2.05) is 31.5 Å². The second-order valence-electron chi connectivity index (χ2n) is 9.42. The van der Waals surface area contributed by atoms with Gasteiger partial charge in [0.2, 0.25) is 0 Å². The minimum absolute atomic E-state index is 0.298. The second-order valence-corrected chi connectivity index (χ2v) is 9.42. The highest BCUT2D eigenvalue weighted by atomic mass is 19.1. The molecular formula is C30H35FN4O. The molecule has 2 aliphatic rings. The van der Waals surface area contributed by atoms with E-state index >= 15 is 0 Å². The van der Waals surface area contributed by atoms with Crippen molar-refractivity contribution in [2.24, 2.45) is 5.92 Å². The van der Waals surface area contributed by atoms with Crippen LogP contribution in [0.25, 0.3) is 0 Å². The molecule has 0 bridgehead atoms. The van der Waals surface area contributed by atoms with Crippen LogP contribution in [-0.2, 0) is 11.3 Å². The van der Waals surface area contributed by atoms with Crippen LogP contribution in [0.2, 0.25) is 0 Å². The van der Waals surface area contributed by atoms with Gasteiger partial charge in [-0.05, 0) is 56.6 Å². The Bertz CT molecular complexity index is 1150. The monoisotopic (exact) mass is 486 g/mol. The lowest BCUT2D eigenvalue weighted by Gasteiger charge is -2.57. The summed E-state index contributed by atoms with van der Waals surface area (Å²) in [6.45, 7) is 11.1. The second kappa shape index (κ2) is 12.7. The minimum atomic E-state index is -0.304. The molecule has 1 aromatic heterocycles. The quantitative estimate of drug-likeness (QED) is 0.421. The predicted molar refractivity (Wildman–Crippen MR) is 142 cm³/mol. The highest BCUT2D eigenvalue weighted by molar-refractivity contribution is 5.46. The number of rotatable bonds is 7. The van der Waals surface area contributed by atoms with E-state index in [0.29, 0.717) is 30.2 Å². The molecule has 1 aromatic carbocycles. The zero-order valence-corrected chi connectivity index (χ0v) is 21.2. The largest absolute Gasteiger partial charge is 0.383 e. The van der Waals surface area contributed by atoms with Crippen molar-refractivity contribution in [3.8, 4) is 11.8 Å². The molecule has 2 aromatic rings. The van der Waals surface area contributed by atoms with Gasteiger partial charge < -0.3 is 4.74 Å². The number of ether oxygens (including phenoxy) is 1. The standard InChI is InChI=1S/C30H35FN4O/c1-4-24(13-14-26-9-5-6-10-27(26)31)12-11-23(2)30-28-20-34(19-25-17-32-22-33-18-25)15-7-8-16-35(28)29(30)21-36-3/h4-6,9-12,17-18,22,28-30H,2,7-8,15-16,19-21H2,1,3H3/b12-11-,24-4+/t28-,29-,30-/m0/s1. The van der Waals surface area contributed by atoms with Crippen molar-refractivity contribution in [1.82, 2.24) is 19.8 Å². The Morgan fingerprint density at radius 3 is 2.72 bits per heavy atom. The molecule has 0 spiro atoms. The Kier molecular flexibility index (Phi) is 9.18. The maximum absolute atomic E-state index is 13.9. The van der Waals surface area contributed by atoms with Crippen LogP contribution in [0.15, 0.2) is 78.9 Å². The minimum Gasteiger partial charge on any atom is -0.383 e. The van der Waals surface area contributed by atoms with Crippen molar-refractivity contribution in [2.45, 2.75) is 38.4 Å². The topological polar surface area (TPSA) is 41.5 Å². The van der Waals surface area contributed by atoms with E-state index in [0.717, 1.165) is 42.9 Å². The maximum atomic E-state index is 13.9. The number of fused-ring (bicyclic) bond motifs is 1. The summed E-state index contributed by atoms with van der Waals surface area (Å²) in [7, 11) is 1.77. The molecule has 2 aliphatic heterocycles. The first-order valence-electron chi connectivity index (χ1n) is 12.6. The van der Waals surface area contributed by atoms with Gasteiger partial charge in [-0.1, -0.05) is 42.7 Å². The first-order chi connectivity index (χ1) is 17.6. The van der Waals surface area contributed by atoms with Crippen molar-refractivity contribution >= 4 is 0 Å². The third kappa shape index (κ3) is 6.36. The molecule has 36 heavy (non-hydrogen) atoms. The highest BCUT2D eigenvalue weighted by Gasteiger charge is 2.49. The maximum Gasteiger partial charge on any atom is 0.138 e. The Hall–Kier alpha value is -3.11. The molecule has 0 N–H and O–H groups in total. The molecule has 188 valence electrons. The predicted octanol–water partition coefficient (Wildman–Crippen LogP) is 4.64. The van der Waals surface area contributed by atoms with Gasteiger partial charge in [0.15, 0.2) is 0 Å². The molecular weight excluding hydrogens is 451 g/mol. The van der Waals surface area contributed by atoms with Gasteiger partial charge in [-0.15, -0.1) is 0 Å². The van der Waals surface area contributed by atoms with Crippen molar-refractivity contribution in [3.63, 3.8) is 0 Å². The number of methoxy groups -OCH3 is 1. The van der Waals surface area contributed by atoms with Gasteiger partial charge in [0.05, 0.1) is 12.2 Å². The van der Waals surface area contributed by atoms with Crippen LogP contribution in [0.3, 0.4) is 0 Å². The number of allylic oxidation sites excluding steroid dienone is 4. The lowest BCUT2D eigenvalue weighted by molar-refractivity contribution is -0.0892. The number of hydrogen-bond donors (Lipinski definition) is 0. The van der Waals surface area contributed by atoms with Crippen LogP contribution in [0, 0.1) is 23.6 Å². The third-order valence-corrected chi connectivity index (χ3v) is 7.06. The molecule has 0 radical (unpaired) electrons. The molecule has 0 amide bonds. The molecule has 2 fully saturated rings. The van der Waals surface area contributed by atoms with Crippen molar-refractivity contribution in [3.05, 3.63) is 95.9 Å². The zero-order valence-electron chi connectivity index (χ0n) is 21.2. The first kappa shape index (κ1) is 26.0. The molecule has 0 saturated carbocycles. The normalized spacial score (nSPS) is 23.2. The SMILES string of the molecule is C=C(/C=C\C(C#Cc1ccccc1F)=C/C)[C@@H]1[C@H](COC)N2CCCCN(Cc3cncnc3)C[C@@H]12. The molecule has 0 aliphatic carbocycles. The van der Waals surface area contributed by atoms with Crippen molar-refractivity contribution in [1.29, 1.82) is 0 Å². The smallest absolute Gasteiger partial charge is 0.138 e. The highest BCUT2D eigenvalue weighted by Crippen LogP contribution is 2.39. The Morgan fingerprint density at radius 2 is 1.97 bits per heavy atom. The van der Waals surface area contributed by atoms with Crippen LogP contribution in [0.1, 0.15) is 30.9 Å². The molecule has 3 atom stereocenters. The first-order valence-corrected chi connectivity index (χ1v) is 12.6. The summed E-state index contributed by atoms with van der Waals surface area (Å²) in [5.74, 6) is 6.03. The summed E-state index contributed by atoms with van der Waals surface area (Å²) >= 11 is 0. The van der Waals surface area contributed by atoms with Gasteiger partial charge in [0, 0.05) is 61.7 Å². The number of benzene rings is 1. The van der Waals surface area contributed by atoms with Gasteiger partial charge >= 0.3 is 0 Å². The van der Waals surface area contributed by atoms with E-state index in [4.69, 9.17) is 4.74 Å². The van der Waals surface area contributed by atoms with E-state index < -0.39 is 0 Å². The van der Waals surface area contributed by atoms with Gasteiger partial charge in [-0.25, -0.2) is 14.4 Å². The number of nitrogens with zero attached hydrogens (tertiary/aromatic N) is 4. The Balaban J connectivity index is 1.48. The van der Waals surface area contributed by atoms with Crippen LogP contribution >= 0.6 is 0 Å². The Labute approximate surface area is 214 Å². The van der Waals surface area contributed by atoms with Crippen LogP contribution in [-0.4, -0.2) is 65.2 Å². The van der Waals surface area contributed by atoms with E-state index in [2.05, 4.69) is 44.3 Å². The fourth-order valence-corrected chi connectivity index (χ4v) is 5.25. The summed E-state index contributed by atoms with van der Waals surface area (Å²) in [5, 5.41) is 0. The lowest BCUT2D eigenvalue weighted by atomic mass is 9.74. The van der Waals surface area contributed by atoms with E-state index in [1.54, 1.807) is 31.6 Å². The average Bonchev–Trinajstić information content (AvgIpc) is 2.88. The summed E-state index contributed by atoms with van der Waals surface area (Å²) in [6, 6.07) is 7.28. The molecule has 5 nitrogen and oxygen atoms in total. The Morgan fingerprint density at radius 1 is 1.19 bits per heavy atom. The van der Waals surface area contributed by atoms with Crippen molar-refractivity contribution in [2.75, 3.05) is 33.4 Å². The van der Waals surface area contributed by atoms with E-state index in [9.17, 15) is 4.39 Å². The summed E-state index contributed by atoms with van der Waals surface area (Å²) in [4.78, 5) is 13.5. The molecule has 0 unspecified atom stereocenters. The van der Waals surface area contributed by atoms with Crippen LogP contribution < -0.4 is 0 Å². The summed E-state index contributed by atoms with van der Waals surface area (Å²) in [6.07, 6.45) is 13.7. The molecule has 3 heterocycles.